The Kier molecular flexibility index (Phi) is 4.75. The first-order chi connectivity index (χ1) is 9.47. The number of rotatable bonds is 3. The van der Waals surface area contributed by atoms with Crippen molar-refractivity contribution < 1.29 is 9.59 Å². The van der Waals surface area contributed by atoms with E-state index in [9.17, 15) is 9.59 Å². The van der Waals surface area contributed by atoms with E-state index in [0.29, 0.717) is 38.5 Å². The molecule has 1 saturated heterocycles. The first-order valence-electron chi connectivity index (χ1n) is 6.95. The molecule has 1 fully saturated rings. The third kappa shape index (κ3) is 3.56. The van der Waals surface area contributed by atoms with Gasteiger partial charge in [-0.2, -0.15) is 0 Å². The zero-order valence-corrected chi connectivity index (χ0v) is 13.1. The molecule has 110 valence electrons. The van der Waals surface area contributed by atoms with E-state index in [2.05, 4.69) is 18.8 Å². The lowest BCUT2D eigenvalue weighted by atomic mass is 10.2. The molecule has 0 unspecified atom stereocenters. The molecule has 0 spiro atoms. The van der Waals surface area contributed by atoms with Crippen molar-refractivity contribution in [3.05, 3.63) is 16.1 Å². The van der Waals surface area contributed by atoms with Gasteiger partial charge in [0.1, 0.15) is 0 Å². The van der Waals surface area contributed by atoms with Gasteiger partial charge in [0.15, 0.2) is 0 Å². The molecule has 5 nitrogen and oxygen atoms in total. The molecule has 0 aromatic carbocycles. The molecule has 0 atom stereocenters. The van der Waals surface area contributed by atoms with Crippen molar-refractivity contribution in [2.75, 3.05) is 26.2 Å². The molecule has 1 aromatic rings. The number of hydrogen-bond donors (Lipinski definition) is 0. The quantitative estimate of drug-likeness (QED) is 0.849. The largest absolute Gasteiger partial charge is 0.339 e. The van der Waals surface area contributed by atoms with E-state index < -0.39 is 0 Å². The number of carbonyl (C=O) groups is 2. The van der Waals surface area contributed by atoms with Gasteiger partial charge in [0.05, 0.1) is 17.1 Å². The van der Waals surface area contributed by atoms with Crippen molar-refractivity contribution in [2.45, 2.75) is 33.1 Å². The molecule has 0 saturated carbocycles. The lowest BCUT2D eigenvalue weighted by Crippen LogP contribution is -2.50. The standard InChI is InChI=1S/C14H21N3O2S/c1-10(2)14-15-12(9-20-14)8-13(19)17-6-4-16(5-7-17)11(3)18/h9-10H,4-8H2,1-3H3. The third-order valence-electron chi connectivity index (χ3n) is 3.47. The summed E-state index contributed by atoms with van der Waals surface area (Å²) in [5.41, 5.74) is 0.859. The van der Waals surface area contributed by atoms with Gasteiger partial charge in [-0.3, -0.25) is 9.59 Å². The van der Waals surface area contributed by atoms with Gasteiger partial charge in [0, 0.05) is 44.4 Å². The summed E-state index contributed by atoms with van der Waals surface area (Å²) in [6.07, 6.45) is 0.364. The number of hydrogen-bond acceptors (Lipinski definition) is 4. The predicted octanol–water partition coefficient (Wildman–Crippen LogP) is 1.50. The summed E-state index contributed by atoms with van der Waals surface area (Å²) in [5, 5.41) is 3.05. The molecule has 0 radical (unpaired) electrons. The predicted molar refractivity (Wildman–Crippen MR) is 78.7 cm³/mol. The molecule has 0 N–H and O–H groups in total. The summed E-state index contributed by atoms with van der Waals surface area (Å²) in [7, 11) is 0. The van der Waals surface area contributed by atoms with Gasteiger partial charge in [-0.05, 0) is 0 Å². The summed E-state index contributed by atoms with van der Waals surface area (Å²) in [5.74, 6) is 0.593. The Morgan fingerprint density at radius 1 is 1.25 bits per heavy atom. The van der Waals surface area contributed by atoms with Crippen LogP contribution in [-0.2, 0) is 16.0 Å². The fraction of sp³-hybridized carbons (Fsp3) is 0.643. The minimum Gasteiger partial charge on any atom is -0.339 e. The highest BCUT2D eigenvalue weighted by Crippen LogP contribution is 2.19. The molecule has 6 heteroatoms. The van der Waals surface area contributed by atoms with Crippen molar-refractivity contribution >= 4 is 23.2 Å². The minimum absolute atomic E-state index is 0.0816. The highest BCUT2D eigenvalue weighted by atomic mass is 32.1. The van der Waals surface area contributed by atoms with Gasteiger partial charge in [0.2, 0.25) is 11.8 Å². The van der Waals surface area contributed by atoms with Crippen LogP contribution in [0.15, 0.2) is 5.38 Å². The third-order valence-corrected chi connectivity index (χ3v) is 4.67. The van der Waals surface area contributed by atoms with Crippen LogP contribution >= 0.6 is 11.3 Å². The summed E-state index contributed by atoms with van der Waals surface area (Å²) in [4.78, 5) is 31.6. The maximum absolute atomic E-state index is 12.2. The van der Waals surface area contributed by atoms with Gasteiger partial charge < -0.3 is 9.80 Å². The molecule has 2 rings (SSSR count). The zero-order valence-electron chi connectivity index (χ0n) is 12.3. The molecule has 1 aliphatic rings. The van der Waals surface area contributed by atoms with Crippen LogP contribution in [0.2, 0.25) is 0 Å². The highest BCUT2D eigenvalue weighted by Gasteiger charge is 2.22. The average Bonchev–Trinajstić information content (AvgIpc) is 2.87. The van der Waals surface area contributed by atoms with E-state index >= 15 is 0 Å². The van der Waals surface area contributed by atoms with Gasteiger partial charge in [-0.15, -0.1) is 11.3 Å². The molecule has 2 amide bonds. The number of carbonyl (C=O) groups excluding carboxylic acids is 2. The van der Waals surface area contributed by atoms with Crippen LogP contribution in [0, 0.1) is 0 Å². The number of thiazole rings is 1. The fourth-order valence-electron chi connectivity index (χ4n) is 2.21. The topological polar surface area (TPSA) is 53.5 Å². The van der Waals surface area contributed by atoms with Crippen molar-refractivity contribution in [1.29, 1.82) is 0 Å². The first kappa shape index (κ1) is 15.0. The normalized spacial score (nSPS) is 15.8. The second-order valence-corrected chi connectivity index (χ2v) is 6.29. The second kappa shape index (κ2) is 6.35. The number of amides is 2. The lowest BCUT2D eigenvalue weighted by Gasteiger charge is -2.34. The number of piperazine rings is 1. The Morgan fingerprint density at radius 3 is 2.35 bits per heavy atom. The van der Waals surface area contributed by atoms with E-state index in [-0.39, 0.29) is 11.8 Å². The highest BCUT2D eigenvalue weighted by molar-refractivity contribution is 7.09. The van der Waals surface area contributed by atoms with Gasteiger partial charge in [-0.25, -0.2) is 4.98 Å². The summed E-state index contributed by atoms with van der Waals surface area (Å²) in [6, 6.07) is 0. The smallest absolute Gasteiger partial charge is 0.228 e. The molecule has 2 heterocycles. The Morgan fingerprint density at radius 2 is 1.85 bits per heavy atom. The molecular formula is C14H21N3O2S. The van der Waals surface area contributed by atoms with Crippen LogP contribution in [0.5, 0.6) is 0 Å². The Bertz CT molecular complexity index is 490. The number of nitrogens with zero attached hydrogens (tertiary/aromatic N) is 3. The van der Waals surface area contributed by atoms with Gasteiger partial charge >= 0.3 is 0 Å². The van der Waals surface area contributed by atoms with Crippen LogP contribution in [0.3, 0.4) is 0 Å². The van der Waals surface area contributed by atoms with E-state index in [1.807, 2.05) is 10.3 Å². The summed E-state index contributed by atoms with van der Waals surface area (Å²) >= 11 is 1.62. The maximum Gasteiger partial charge on any atom is 0.228 e. The van der Waals surface area contributed by atoms with E-state index in [1.54, 1.807) is 23.2 Å². The Balaban J connectivity index is 1.87. The minimum atomic E-state index is 0.0816. The van der Waals surface area contributed by atoms with E-state index in [0.717, 1.165) is 10.7 Å². The van der Waals surface area contributed by atoms with Gasteiger partial charge in [0.25, 0.3) is 0 Å². The van der Waals surface area contributed by atoms with E-state index in [1.165, 1.54) is 0 Å². The molecule has 0 bridgehead atoms. The van der Waals surface area contributed by atoms with Crippen molar-refractivity contribution in [1.82, 2.24) is 14.8 Å². The SMILES string of the molecule is CC(=O)N1CCN(C(=O)Cc2csc(C(C)C)n2)CC1. The van der Waals surface area contributed by atoms with Crippen molar-refractivity contribution in [3.63, 3.8) is 0 Å². The first-order valence-corrected chi connectivity index (χ1v) is 7.83. The monoisotopic (exact) mass is 295 g/mol. The Hall–Kier alpha value is -1.43. The van der Waals surface area contributed by atoms with Crippen LogP contribution < -0.4 is 0 Å². The van der Waals surface area contributed by atoms with Crippen molar-refractivity contribution in [3.8, 4) is 0 Å². The lowest BCUT2D eigenvalue weighted by molar-refractivity contribution is -0.138. The van der Waals surface area contributed by atoms with Crippen molar-refractivity contribution in [2.24, 2.45) is 0 Å². The molecule has 20 heavy (non-hydrogen) atoms. The van der Waals surface area contributed by atoms with Crippen LogP contribution in [0.1, 0.15) is 37.4 Å². The number of aromatic nitrogens is 1. The fourth-order valence-corrected chi connectivity index (χ4v) is 3.04. The van der Waals surface area contributed by atoms with E-state index in [4.69, 9.17) is 0 Å². The summed E-state index contributed by atoms with van der Waals surface area (Å²) in [6.45, 7) is 8.29. The second-order valence-electron chi connectivity index (χ2n) is 5.40. The molecule has 1 aliphatic heterocycles. The zero-order chi connectivity index (χ0) is 14.7. The molecule has 1 aromatic heterocycles. The summed E-state index contributed by atoms with van der Waals surface area (Å²) < 4.78 is 0. The van der Waals surface area contributed by atoms with Crippen LogP contribution in [0.4, 0.5) is 0 Å². The van der Waals surface area contributed by atoms with Crippen LogP contribution in [-0.4, -0.2) is 52.8 Å². The molecular weight excluding hydrogens is 274 g/mol. The maximum atomic E-state index is 12.2. The average molecular weight is 295 g/mol. The van der Waals surface area contributed by atoms with Crippen LogP contribution in [0.25, 0.3) is 0 Å². The van der Waals surface area contributed by atoms with Gasteiger partial charge in [-0.1, -0.05) is 13.8 Å². The molecule has 0 aliphatic carbocycles. The Labute approximate surface area is 123 Å².